The van der Waals surface area contributed by atoms with E-state index in [1.54, 1.807) is 50.5 Å². The highest BCUT2D eigenvalue weighted by Crippen LogP contribution is 2.33. The van der Waals surface area contributed by atoms with Crippen LogP contribution in [-0.2, 0) is 11.3 Å². The van der Waals surface area contributed by atoms with Crippen LogP contribution < -0.4 is 28.6 Å². The molecule has 0 saturated carbocycles. The molecule has 0 spiro atoms. The highest BCUT2D eigenvalue weighted by molar-refractivity contribution is 5.97. The SMILES string of the molecule is COc1cccc(C(=O)N(CC(=O)N2CCCN(c3ccc(-c4ccc(OC)c(OC)c4)nn3)CC2)Cc2ccc3c(c2)OCO3)c1. The summed E-state index contributed by atoms with van der Waals surface area (Å²) in [6, 6.07) is 22.0. The molecule has 12 heteroatoms. The number of rotatable bonds is 10. The lowest BCUT2D eigenvalue weighted by atomic mass is 10.1. The number of hydrogen-bond acceptors (Lipinski definition) is 10. The third-order valence-corrected chi connectivity index (χ3v) is 8.24. The smallest absolute Gasteiger partial charge is 0.254 e. The van der Waals surface area contributed by atoms with Gasteiger partial charge in [0.15, 0.2) is 28.8 Å². The van der Waals surface area contributed by atoms with Gasteiger partial charge in [-0.3, -0.25) is 9.59 Å². The van der Waals surface area contributed by atoms with Gasteiger partial charge in [-0.05, 0) is 72.6 Å². The maximum atomic E-state index is 13.8. The number of carbonyl (C=O) groups is 2. The van der Waals surface area contributed by atoms with Crippen LogP contribution >= 0.6 is 0 Å². The van der Waals surface area contributed by atoms with Crippen LogP contribution in [0, 0.1) is 0 Å². The minimum atomic E-state index is -0.267. The van der Waals surface area contributed by atoms with E-state index in [0.717, 1.165) is 29.9 Å². The Balaban J connectivity index is 1.13. The molecule has 2 aliphatic rings. The molecule has 1 fully saturated rings. The predicted octanol–water partition coefficient (Wildman–Crippen LogP) is 4.28. The molecule has 12 nitrogen and oxygen atoms in total. The van der Waals surface area contributed by atoms with Crippen LogP contribution in [0.4, 0.5) is 5.82 Å². The van der Waals surface area contributed by atoms with Gasteiger partial charge in [0.1, 0.15) is 12.3 Å². The minimum absolute atomic E-state index is 0.0791. The van der Waals surface area contributed by atoms with Gasteiger partial charge in [0.25, 0.3) is 5.91 Å². The second-order valence-electron chi connectivity index (χ2n) is 11.1. The second-order valence-corrected chi connectivity index (χ2v) is 11.1. The molecule has 0 N–H and O–H groups in total. The fourth-order valence-corrected chi connectivity index (χ4v) is 5.70. The van der Waals surface area contributed by atoms with Crippen molar-refractivity contribution in [3.63, 3.8) is 0 Å². The Morgan fingerprint density at radius 1 is 0.809 bits per heavy atom. The van der Waals surface area contributed by atoms with Crippen LogP contribution in [0.1, 0.15) is 22.3 Å². The molecule has 1 saturated heterocycles. The molecule has 2 aliphatic heterocycles. The minimum Gasteiger partial charge on any atom is -0.497 e. The van der Waals surface area contributed by atoms with Gasteiger partial charge < -0.3 is 38.4 Å². The number of hydrogen-bond donors (Lipinski definition) is 0. The Bertz CT molecular complexity index is 1730. The molecule has 0 atom stereocenters. The van der Waals surface area contributed by atoms with Gasteiger partial charge in [-0.15, -0.1) is 10.2 Å². The maximum absolute atomic E-state index is 13.8. The first-order chi connectivity index (χ1) is 22.9. The van der Waals surface area contributed by atoms with Gasteiger partial charge in [0.05, 0.1) is 27.0 Å². The maximum Gasteiger partial charge on any atom is 0.254 e. The number of ether oxygens (including phenoxy) is 5. The number of nitrogens with zero attached hydrogens (tertiary/aromatic N) is 5. The summed E-state index contributed by atoms with van der Waals surface area (Å²) in [6.07, 6.45) is 0.747. The summed E-state index contributed by atoms with van der Waals surface area (Å²) in [5.41, 5.74) is 2.85. The monoisotopic (exact) mass is 639 g/mol. The van der Waals surface area contributed by atoms with Crippen molar-refractivity contribution < 1.29 is 33.3 Å². The molecule has 1 aromatic heterocycles. The Labute approximate surface area is 273 Å². The molecule has 0 aliphatic carbocycles. The first-order valence-corrected chi connectivity index (χ1v) is 15.4. The number of fused-ring (bicyclic) bond motifs is 1. The van der Waals surface area contributed by atoms with Gasteiger partial charge in [-0.1, -0.05) is 12.1 Å². The van der Waals surface area contributed by atoms with E-state index < -0.39 is 0 Å². The number of carbonyl (C=O) groups excluding carboxylic acids is 2. The van der Waals surface area contributed by atoms with Gasteiger partial charge in [-0.25, -0.2) is 0 Å². The van der Waals surface area contributed by atoms with Crippen molar-refractivity contribution in [1.82, 2.24) is 20.0 Å². The molecule has 244 valence electrons. The zero-order chi connectivity index (χ0) is 32.8. The Morgan fingerprint density at radius 3 is 2.45 bits per heavy atom. The van der Waals surface area contributed by atoms with Crippen molar-refractivity contribution >= 4 is 17.6 Å². The fourth-order valence-electron chi connectivity index (χ4n) is 5.70. The lowest BCUT2D eigenvalue weighted by molar-refractivity contribution is -0.131. The highest BCUT2D eigenvalue weighted by atomic mass is 16.7. The summed E-state index contributed by atoms with van der Waals surface area (Å²) in [4.78, 5) is 33.0. The summed E-state index contributed by atoms with van der Waals surface area (Å²) in [5, 5.41) is 8.96. The Kier molecular flexibility index (Phi) is 9.56. The molecule has 2 amide bonds. The lowest BCUT2D eigenvalue weighted by Gasteiger charge is -2.27. The quantitative estimate of drug-likeness (QED) is 0.249. The Hall–Kier alpha value is -5.52. The predicted molar refractivity (Wildman–Crippen MR) is 174 cm³/mol. The molecule has 4 aromatic rings. The molecule has 0 bridgehead atoms. The number of anilines is 1. The first-order valence-electron chi connectivity index (χ1n) is 15.4. The van der Waals surface area contributed by atoms with Crippen LogP contribution in [0.5, 0.6) is 28.7 Å². The molecule has 47 heavy (non-hydrogen) atoms. The van der Waals surface area contributed by atoms with Crippen LogP contribution in [-0.4, -0.2) is 92.7 Å². The molecule has 0 unspecified atom stereocenters. The van der Waals surface area contributed by atoms with E-state index in [-0.39, 0.29) is 31.7 Å². The lowest BCUT2D eigenvalue weighted by Crippen LogP contribution is -2.44. The van der Waals surface area contributed by atoms with E-state index in [0.29, 0.717) is 59.6 Å². The molecule has 6 rings (SSSR count). The zero-order valence-corrected chi connectivity index (χ0v) is 26.7. The Morgan fingerprint density at radius 2 is 1.66 bits per heavy atom. The van der Waals surface area contributed by atoms with Crippen LogP contribution in [0.25, 0.3) is 11.3 Å². The van der Waals surface area contributed by atoms with Gasteiger partial charge in [-0.2, -0.15) is 0 Å². The summed E-state index contributed by atoms with van der Waals surface area (Å²) < 4.78 is 27.1. The first kappa shape index (κ1) is 31.5. The van der Waals surface area contributed by atoms with Gasteiger partial charge >= 0.3 is 0 Å². The van der Waals surface area contributed by atoms with E-state index in [1.807, 2.05) is 53.4 Å². The van der Waals surface area contributed by atoms with E-state index >= 15 is 0 Å². The van der Waals surface area contributed by atoms with Gasteiger partial charge in [0.2, 0.25) is 12.7 Å². The zero-order valence-electron chi connectivity index (χ0n) is 26.7. The topological polar surface area (TPSA) is 116 Å². The standard InChI is InChI=1S/C35H37N5O7/c1-43-27-7-4-6-26(19-27)35(42)40(21-24-8-11-30-32(18-24)47-23-46-30)22-34(41)39-15-5-14-38(16-17-39)33-13-10-28(36-37-33)25-9-12-29(44-2)31(20-25)45-3/h4,6-13,18-20H,5,14-17,21-23H2,1-3H3. The average Bonchev–Trinajstić information content (AvgIpc) is 3.45. The van der Waals surface area contributed by atoms with Gasteiger partial charge in [0, 0.05) is 43.9 Å². The van der Waals surface area contributed by atoms with E-state index in [1.165, 1.54) is 0 Å². The van der Waals surface area contributed by atoms with Crippen LogP contribution in [0.15, 0.2) is 72.8 Å². The summed E-state index contributed by atoms with van der Waals surface area (Å²) in [7, 11) is 4.75. The number of aromatic nitrogens is 2. The fraction of sp³-hybridized carbons (Fsp3) is 0.314. The van der Waals surface area contributed by atoms with E-state index in [2.05, 4.69) is 15.1 Å². The van der Waals surface area contributed by atoms with Crippen LogP contribution in [0.2, 0.25) is 0 Å². The number of amides is 2. The third-order valence-electron chi connectivity index (χ3n) is 8.24. The summed E-state index contributed by atoms with van der Waals surface area (Å²) in [5.74, 6) is 3.45. The second kappa shape index (κ2) is 14.3. The van der Waals surface area contributed by atoms with Crippen molar-refractivity contribution in [2.75, 3.05) is 65.7 Å². The normalized spacial score (nSPS) is 13.9. The van der Waals surface area contributed by atoms with Crippen molar-refractivity contribution in [1.29, 1.82) is 0 Å². The van der Waals surface area contributed by atoms with E-state index in [4.69, 9.17) is 23.7 Å². The molecular weight excluding hydrogens is 602 g/mol. The van der Waals surface area contributed by atoms with Crippen molar-refractivity contribution in [3.05, 3.63) is 83.9 Å². The number of benzene rings is 3. The molecule has 3 heterocycles. The van der Waals surface area contributed by atoms with Crippen molar-refractivity contribution in [2.24, 2.45) is 0 Å². The highest BCUT2D eigenvalue weighted by Gasteiger charge is 2.26. The van der Waals surface area contributed by atoms with Crippen molar-refractivity contribution in [3.8, 4) is 40.0 Å². The summed E-state index contributed by atoms with van der Waals surface area (Å²) >= 11 is 0. The number of methoxy groups -OCH3 is 3. The molecule has 3 aromatic carbocycles. The average molecular weight is 640 g/mol. The van der Waals surface area contributed by atoms with E-state index in [9.17, 15) is 9.59 Å². The van der Waals surface area contributed by atoms with Crippen LogP contribution in [0.3, 0.4) is 0 Å². The third kappa shape index (κ3) is 7.16. The molecular formula is C35H37N5O7. The summed E-state index contributed by atoms with van der Waals surface area (Å²) in [6.45, 7) is 2.66. The van der Waals surface area contributed by atoms with Crippen molar-refractivity contribution in [2.45, 2.75) is 13.0 Å². The largest absolute Gasteiger partial charge is 0.497 e. The molecule has 0 radical (unpaired) electrons.